The monoisotopic (exact) mass is 570 g/mol. The Hall–Kier alpha value is -3.41. The number of fused-ring (bicyclic) bond motifs is 1. The highest BCUT2D eigenvalue weighted by Gasteiger charge is 2.31. The normalized spacial score (nSPS) is 22.8. The Morgan fingerprint density at radius 2 is 1.54 bits per heavy atom. The Labute approximate surface area is 237 Å². The van der Waals surface area contributed by atoms with Crippen molar-refractivity contribution in [2.24, 2.45) is 5.73 Å². The number of carbonyl (C=O) groups is 1. The lowest BCUT2D eigenvalue weighted by Gasteiger charge is -2.33. The minimum atomic E-state index is -4.43. The number of piperidine rings is 1. The van der Waals surface area contributed by atoms with E-state index < -0.39 is 11.7 Å². The molecule has 4 N–H and O–H groups in total. The number of imidazole rings is 1. The molecule has 1 aromatic carbocycles. The Morgan fingerprint density at radius 3 is 2.20 bits per heavy atom. The second-order valence-electron chi connectivity index (χ2n) is 11.7. The number of benzene rings is 1. The number of alkyl halides is 3. The molecule has 0 unspecified atom stereocenters. The predicted octanol–water partition coefficient (Wildman–Crippen LogP) is 5.36. The van der Waals surface area contributed by atoms with Crippen molar-refractivity contribution in [2.75, 3.05) is 23.7 Å². The summed E-state index contributed by atoms with van der Waals surface area (Å²) in [5.41, 5.74) is 7.19. The lowest BCUT2D eigenvalue weighted by atomic mass is 9.92. The van der Waals surface area contributed by atoms with Gasteiger partial charge in [-0.15, -0.1) is 0 Å². The van der Waals surface area contributed by atoms with Gasteiger partial charge in [0.1, 0.15) is 0 Å². The lowest BCUT2D eigenvalue weighted by molar-refractivity contribution is -0.137. The van der Waals surface area contributed by atoms with Gasteiger partial charge in [-0.05, 0) is 75.6 Å². The number of hydrogen-bond acceptors (Lipinski definition) is 7. The van der Waals surface area contributed by atoms with Crippen LogP contribution in [0.1, 0.15) is 86.2 Å². The molecule has 0 spiro atoms. The second kappa shape index (κ2) is 11.5. The summed E-state index contributed by atoms with van der Waals surface area (Å²) in [6, 6.07) is 5.42. The van der Waals surface area contributed by atoms with Crippen LogP contribution in [0.2, 0.25) is 0 Å². The second-order valence-corrected chi connectivity index (χ2v) is 11.7. The minimum absolute atomic E-state index is 0.0712. The van der Waals surface area contributed by atoms with E-state index in [-0.39, 0.29) is 29.6 Å². The number of hydrogen-bond donors (Lipinski definition) is 3. The molecule has 3 heterocycles. The summed E-state index contributed by atoms with van der Waals surface area (Å²) >= 11 is 0. The number of rotatable bonds is 6. The molecule has 12 heteroatoms. The van der Waals surface area contributed by atoms with Gasteiger partial charge in [0.15, 0.2) is 17.0 Å². The van der Waals surface area contributed by atoms with E-state index in [2.05, 4.69) is 15.2 Å². The fourth-order valence-electron chi connectivity index (χ4n) is 6.38. The highest BCUT2D eigenvalue weighted by Crippen LogP contribution is 2.34. The van der Waals surface area contributed by atoms with E-state index in [1.165, 1.54) is 25.0 Å². The molecule has 0 bridgehead atoms. The number of nitrogens with two attached hydrogens (primary N) is 1. The number of nitrogens with one attached hydrogen (secondary N) is 2. The molecule has 3 fully saturated rings. The van der Waals surface area contributed by atoms with Crippen LogP contribution in [0.5, 0.6) is 0 Å². The molecule has 2 aliphatic carbocycles. The number of carbonyl (C=O) groups excluding carboxylic acids is 1. The Balaban J connectivity index is 1.16. The Kier molecular flexibility index (Phi) is 7.76. The van der Waals surface area contributed by atoms with Gasteiger partial charge in [-0.25, -0.2) is 4.98 Å². The molecule has 2 saturated carbocycles. The lowest BCUT2D eigenvalue weighted by Crippen LogP contribution is -2.42. The number of likely N-dealkylation sites (tertiary alicyclic amines) is 1. The molecule has 2 aromatic heterocycles. The first kappa shape index (κ1) is 27.7. The molecule has 9 nitrogen and oxygen atoms in total. The van der Waals surface area contributed by atoms with Gasteiger partial charge in [0.05, 0.1) is 11.9 Å². The van der Waals surface area contributed by atoms with Crippen molar-refractivity contribution in [3.05, 3.63) is 41.7 Å². The molecule has 6 rings (SSSR count). The van der Waals surface area contributed by atoms with Gasteiger partial charge in [0, 0.05) is 42.8 Å². The average Bonchev–Trinajstić information content (AvgIpc) is 3.64. The van der Waals surface area contributed by atoms with Crippen molar-refractivity contribution >= 4 is 28.8 Å². The van der Waals surface area contributed by atoms with Crippen LogP contribution in [0, 0.1) is 0 Å². The van der Waals surface area contributed by atoms with E-state index in [9.17, 15) is 18.0 Å². The predicted molar refractivity (Wildman–Crippen MR) is 151 cm³/mol. The van der Waals surface area contributed by atoms with E-state index in [4.69, 9.17) is 20.7 Å². The van der Waals surface area contributed by atoms with Gasteiger partial charge < -0.3 is 25.8 Å². The van der Waals surface area contributed by atoms with Crippen molar-refractivity contribution in [3.8, 4) is 0 Å². The summed E-state index contributed by atoms with van der Waals surface area (Å²) in [4.78, 5) is 29.2. The fraction of sp³-hybridized carbons (Fsp3) is 0.586. The Morgan fingerprint density at radius 1 is 0.878 bits per heavy atom. The van der Waals surface area contributed by atoms with E-state index in [1.807, 2.05) is 6.33 Å². The molecular formula is C29H37F3N8O. The molecule has 0 atom stereocenters. The minimum Gasteiger partial charge on any atom is -0.365 e. The molecule has 220 valence electrons. The summed E-state index contributed by atoms with van der Waals surface area (Å²) in [5.74, 6) is 1.03. The number of amides is 1. The largest absolute Gasteiger partial charge is 0.416 e. The van der Waals surface area contributed by atoms with Crippen molar-refractivity contribution in [1.82, 2.24) is 24.4 Å². The van der Waals surface area contributed by atoms with Crippen LogP contribution < -0.4 is 16.4 Å². The van der Waals surface area contributed by atoms with Crippen molar-refractivity contribution in [2.45, 2.75) is 94.6 Å². The topological polar surface area (TPSA) is 114 Å². The maximum atomic E-state index is 13.0. The molecule has 0 radical (unpaired) electrons. The van der Waals surface area contributed by atoms with Crippen LogP contribution in [-0.2, 0) is 6.18 Å². The summed E-state index contributed by atoms with van der Waals surface area (Å²) in [5, 5.41) is 7.14. The number of anilines is 2. The summed E-state index contributed by atoms with van der Waals surface area (Å²) in [7, 11) is 0. The first-order chi connectivity index (χ1) is 19.7. The molecular weight excluding hydrogens is 533 g/mol. The third-order valence-electron chi connectivity index (χ3n) is 8.83. The summed E-state index contributed by atoms with van der Waals surface area (Å²) in [6.07, 6.45) is 7.41. The van der Waals surface area contributed by atoms with E-state index in [1.54, 1.807) is 4.90 Å². The Bertz CT molecular complexity index is 1350. The number of halogens is 3. The van der Waals surface area contributed by atoms with Crippen LogP contribution in [-0.4, -0.2) is 61.5 Å². The van der Waals surface area contributed by atoms with Crippen molar-refractivity contribution in [1.29, 1.82) is 0 Å². The zero-order valence-electron chi connectivity index (χ0n) is 23.0. The zero-order chi connectivity index (χ0) is 28.6. The van der Waals surface area contributed by atoms with Gasteiger partial charge in [0.25, 0.3) is 5.91 Å². The van der Waals surface area contributed by atoms with Crippen LogP contribution in [0.25, 0.3) is 11.2 Å². The highest BCUT2D eigenvalue weighted by atomic mass is 19.4. The quantitative estimate of drug-likeness (QED) is 0.366. The number of aromatic nitrogens is 4. The van der Waals surface area contributed by atoms with Gasteiger partial charge in [-0.1, -0.05) is 12.8 Å². The molecule has 1 saturated heterocycles. The molecule has 3 aliphatic rings. The van der Waals surface area contributed by atoms with Crippen LogP contribution in [0.4, 0.5) is 24.9 Å². The van der Waals surface area contributed by atoms with Crippen molar-refractivity contribution in [3.63, 3.8) is 0 Å². The molecule has 41 heavy (non-hydrogen) atoms. The molecule has 1 amide bonds. The third-order valence-corrected chi connectivity index (χ3v) is 8.83. The standard InChI is InChI=1S/C29H37F3N8O/c30-29(31,32)19-7-5-18(6-8-19)27(41)39-15-13-22(14-16-39)35-25-24-26(40(17-34-24)23-3-1-2-4-23)38-28(37-25)36-21-11-9-20(33)10-12-21/h5-8,17,20-23H,1-4,9-16,33H2,(H2,35,36,37,38). The molecule has 1 aliphatic heterocycles. The van der Waals surface area contributed by atoms with E-state index in [0.29, 0.717) is 43.7 Å². The highest BCUT2D eigenvalue weighted by molar-refractivity contribution is 5.94. The maximum absolute atomic E-state index is 13.0. The third kappa shape index (κ3) is 6.12. The SMILES string of the molecule is NC1CCC(Nc2nc(NC3CCN(C(=O)c4ccc(C(F)(F)F)cc4)CC3)c3ncn(C4CCCC4)c3n2)CC1. The zero-order valence-corrected chi connectivity index (χ0v) is 23.0. The molecule has 3 aromatic rings. The van der Waals surface area contributed by atoms with Gasteiger partial charge in [-0.2, -0.15) is 23.1 Å². The van der Waals surface area contributed by atoms with Gasteiger partial charge in [-0.3, -0.25) is 4.79 Å². The van der Waals surface area contributed by atoms with Crippen LogP contribution in [0.15, 0.2) is 30.6 Å². The van der Waals surface area contributed by atoms with E-state index in [0.717, 1.165) is 61.8 Å². The smallest absolute Gasteiger partial charge is 0.365 e. The van der Waals surface area contributed by atoms with Crippen LogP contribution in [0.3, 0.4) is 0 Å². The number of nitrogens with zero attached hydrogens (tertiary/aromatic N) is 5. The first-order valence-corrected chi connectivity index (χ1v) is 14.7. The first-order valence-electron chi connectivity index (χ1n) is 14.7. The summed E-state index contributed by atoms with van der Waals surface area (Å²) < 4.78 is 40.9. The fourth-order valence-corrected chi connectivity index (χ4v) is 6.38. The van der Waals surface area contributed by atoms with Crippen molar-refractivity contribution < 1.29 is 18.0 Å². The van der Waals surface area contributed by atoms with Gasteiger partial charge >= 0.3 is 6.18 Å². The van der Waals surface area contributed by atoms with Crippen LogP contribution >= 0.6 is 0 Å². The maximum Gasteiger partial charge on any atom is 0.416 e. The summed E-state index contributed by atoms with van der Waals surface area (Å²) in [6.45, 7) is 0.991. The van der Waals surface area contributed by atoms with E-state index >= 15 is 0 Å². The van der Waals surface area contributed by atoms with Gasteiger partial charge in [0.2, 0.25) is 5.95 Å². The average molecular weight is 571 g/mol.